The number of ether oxygens (including phenoxy) is 1. The largest absolute Gasteiger partial charge is 0.425 e. The lowest BCUT2D eigenvalue weighted by molar-refractivity contribution is 0.290. The molecule has 0 N–H and O–H groups in total. The summed E-state index contributed by atoms with van der Waals surface area (Å²) in [6, 6.07) is 14.9. The Kier molecular flexibility index (Phi) is 3.48. The molecule has 0 aliphatic heterocycles. The van der Waals surface area contributed by atoms with Crippen molar-refractivity contribution in [2.75, 3.05) is 0 Å². The number of para-hydroxylation sites is 1. The fourth-order valence-corrected chi connectivity index (χ4v) is 3.30. The van der Waals surface area contributed by atoms with Crippen molar-refractivity contribution in [1.82, 2.24) is 24.3 Å². The van der Waals surface area contributed by atoms with Gasteiger partial charge in [0.1, 0.15) is 11.3 Å². The van der Waals surface area contributed by atoms with Gasteiger partial charge >= 0.3 is 6.01 Å². The summed E-state index contributed by atoms with van der Waals surface area (Å²) in [6.45, 7) is 0. The molecule has 5 rings (SSSR count). The zero-order valence-electron chi connectivity index (χ0n) is 14.5. The number of aryl methyl sites for hydroxylation is 1. The van der Waals surface area contributed by atoms with Crippen LogP contribution in [0.2, 0.25) is 0 Å². The van der Waals surface area contributed by atoms with Gasteiger partial charge < -0.3 is 4.74 Å². The van der Waals surface area contributed by atoms with Crippen molar-refractivity contribution < 1.29 is 4.74 Å². The Bertz CT molecular complexity index is 1080. The van der Waals surface area contributed by atoms with Crippen molar-refractivity contribution in [1.29, 1.82) is 0 Å². The van der Waals surface area contributed by atoms with E-state index >= 15 is 0 Å². The Morgan fingerprint density at radius 1 is 1.08 bits per heavy atom. The van der Waals surface area contributed by atoms with Gasteiger partial charge in [-0.05, 0) is 49.6 Å². The molecule has 6 nitrogen and oxygen atoms in total. The first-order valence-electron chi connectivity index (χ1n) is 8.89. The summed E-state index contributed by atoms with van der Waals surface area (Å²) in [7, 11) is 1.91. The summed E-state index contributed by atoms with van der Waals surface area (Å²) in [4.78, 5) is 8.92. The molecule has 0 radical (unpaired) electrons. The quantitative estimate of drug-likeness (QED) is 0.552. The highest BCUT2D eigenvalue weighted by Crippen LogP contribution is 2.35. The van der Waals surface area contributed by atoms with E-state index in [1.165, 1.54) is 19.3 Å². The molecular formula is C20H19N5O. The summed E-state index contributed by atoms with van der Waals surface area (Å²) in [5.74, 6) is 0.741. The van der Waals surface area contributed by atoms with E-state index in [-0.39, 0.29) is 0 Å². The van der Waals surface area contributed by atoms with Crippen molar-refractivity contribution in [2.24, 2.45) is 7.05 Å². The molecule has 1 fully saturated rings. The van der Waals surface area contributed by atoms with Crippen LogP contribution in [0.4, 0.5) is 0 Å². The highest BCUT2D eigenvalue weighted by Gasteiger charge is 2.21. The van der Waals surface area contributed by atoms with Gasteiger partial charge in [-0.1, -0.05) is 12.1 Å². The van der Waals surface area contributed by atoms with Crippen LogP contribution in [0.15, 0.2) is 54.9 Å². The monoisotopic (exact) mass is 345 g/mol. The summed E-state index contributed by atoms with van der Waals surface area (Å²) in [5.41, 5.74) is 3.50. The van der Waals surface area contributed by atoms with Crippen LogP contribution in [0.1, 0.15) is 25.3 Å². The van der Waals surface area contributed by atoms with Gasteiger partial charge in [-0.15, -0.1) is 0 Å². The van der Waals surface area contributed by atoms with E-state index in [0.717, 1.165) is 28.2 Å². The number of imidazole rings is 1. The molecule has 4 aromatic rings. The van der Waals surface area contributed by atoms with Gasteiger partial charge in [0.2, 0.25) is 0 Å². The maximum absolute atomic E-state index is 6.15. The second kappa shape index (κ2) is 5.98. The molecule has 0 bridgehead atoms. The summed E-state index contributed by atoms with van der Waals surface area (Å²) in [5, 5.41) is 4.77. The molecule has 0 unspecified atom stereocenters. The Morgan fingerprint density at radius 3 is 2.77 bits per heavy atom. The number of nitrogens with zero attached hydrogens (tertiary/aromatic N) is 5. The van der Waals surface area contributed by atoms with Crippen LogP contribution < -0.4 is 4.74 Å². The normalized spacial score (nSPS) is 14.5. The van der Waals surface area contributed by atoms with Crippen molar-refractivity contribution in [2.45, 2.75) is 25.3 Å². The van der Waals surface area contributed by atoms with Crippen molar-refractivity contribution in [3.05, 3.63) is 54.9 Å². The molecule has 0 amide bonds. The standard InChI is InChI=1S/C20H19N5O/c1-24-19-17(9-5-12-21-19)22-20(24)26-18-10-3-2-8-15(18)16-11-13-25(23-16)14-6-4-7-14/h2-3,5,8-14H,4,6-7H2,1H3. The molecule has 0 atom stereocenters. The lowest BCUT2D eigenvalue weighted by Crippen LogP contribution is -2.17. The number of hydrogen-bond acceptors (Lipinski definition) is 4. The minimum Gasteiger partial charge on any atom is -0.425 e. The summed E-state index contributed by atoms with van der Waals surface area (Å²) >= 11 is 0. The van der Waals surface area contributed by atoms with E-state index in [4.69, 9.17) is 9.84 Å². The van der Waals surface area contributed by atoms with Crippen LogP contribution in [-0.4, -0.2) is 24.3 Å². The van der Waals surface area contributed by atoms with Gasteiger partial charge in [0, 0.05) is 25.0 Å². The molecule has 1 saturated carbocycles. The molecule has 0 spiro atoms. The molecule has 0 saturated heterocycles. The summed E-state index contributed by atoms with van der Waals surface area (Å²) in [6.07, 6.45) is 7.54. The van der Waals surface area contributed by atoms with Gasteiger partial charge in [-0.25, -0.2) is 4.98 Å². The second-order valence-corrected chi connectivity index (χ2v) is 6.66. The molecule has 3 aromatic heterocycles. The molecular weight excluding hydrogens is 326 g/mol. The van der Waals surface area contributed by atoms with Gasteiger partial charge in [-0.3, -0.25) is 9.25 Å². The van der Waals surface area contributed by atoms with Gasteiger partial charge in [0.15, 0.2) is 5.65 Å². The molecule has 3 heterocycles. The smallest absolute Gasteiger partial charge is 0.303 e. The third-order valence-electron chi connectivity index (χ3n) is 5.01. The highest BCUT2D eigenvalue weighted by molar-refractivity contribution is 5.72. The Balaban J connectivity index is 1.51. The van der Waals surface area contributed by atoms with Crippen LogP contribution in [-0.2, 0) is 7.05 Å². The first kappa shape index (κ1) is 15.1. The van der Waals surface area contributed by atoms with Crippen molar-refractivity contribution in [3.8, 4) is 23.0 Å². The lowest BCUT2D eigenvalue weighted by Gasteiger charge is -2.25. The Morgan fingerprint density at radius 2 is 1.96 bits per heavy atom. The zero-order valence-corrected chi connectivity index (χ0v) is 14.5. The fourth-order valence-electron chi connectivity index (χ4n) is 3.30. The SMILES string of the molecule is Cn1c(Oc2ccccc2-c2ccn(C3CCC3)n2)nc2cccnc21. The van der Waals surface area contributed by atoms with E-state index in [9.17, 15) is 0 Å². The Labute approximate surface area is 151 Å². The van der Waals surface area contributed by atoms with Crippen molar-refractivity contribution >= 4 is 11.2 Å². The van der Waals surface area contributed by atoms with Crippen LogP contribution in [0, 0.1) is 0 Å². The zero-order chi connectivity index (χ0) is 17.5. The minimum absolute atomic E-state index is 0.518. The first-order valence-corrected chi connectivity index (χ1v) is 8.89. The maximum atomic E-state index is 6.15. The number of benzene rings is 1. The van der Waals surface area contributed by atoms with Gasteiger partial charge in [-0.2, -0.15) is 10.1 Å². The number of fused-ring (bicyclic) bond motifs is 1. The van der Waals surface area contributed by atoms with E-state index in [0.29, 0.717) is 12.1 Å². The van der Waals surface area contributed by atoms with Crippen molar-refractivity contribution in [3.63, 3.8) is 0 Å². The predicted molar refractivity (Wildman–Crippen MR) is 99.1 cm³/mol. The van der Waals surface area contributed by atoms with E-state index in [2.05, 4.69) is 26.9 Å². The molecule has 6 heteroatoms. The van der Waals surface area contributed by atoms with Gasteiger partial charge in [0.25, 0.3) is 0 Å². The number of rotatable bonds is 4. The summed E-state index contributed by atoms with van der Waals surface area (Å²) < 4.78 is 10.1. The number of pyridine rings is 1. The number of hydrogen-bond donors (Lipinski definition) is 0. The molecule has 26 heavy (non-hydrogen) atoms. The third-order valence-corrected chi connectivity index (χ3v) is 5.01. The van der Waals surface area contributed by atoms with E-state index in [1.807, 2.05) is 48.0 Å². The maximum Gasteiger partial charge on any atom is 0.303 e. The third kappa shape index (κ3) is 2.45. The molecule has 130 valence electrons. The minimum atomic E-state index is 0.518. The predicted octanol–water partition coefficient (Wildman–Crippen LogP) is 4.35. The topological polar surface area (TPSA) is 57.8 Å². The second-order valence-electron chi connectivity index (χ2n) is 6.66. The molecule has 1 aliphatic carbocycles. The van der Waals surface area contributed by atoms with Crippen LogP contribution in [0.5, 0.6) is 11.8 Å². The Hall–Kier alpha value is -3.15. The molecule has 1 aromatic carbocycles. The van der Waals surface area contributed by atoms with Crippen LogP contribution in [0.3, 0.4) is 0 Å². The van der Waals surface area contributed by atoms with Crippen LogP contribution in [0.25, 0.3) is 22.4 Å². The van der Waals surface area contributed by atoms with E-state index in [1.54, 1.807) is 6.20 Å². The highest BCUT2D eigenvalue weighted by atomic mass is 16.5. The average molecular weight is 345 g/mol. The van der Waals surface area contributed by atoms with E-state index < -0.39 is 0 Å². The number of aromatic nitrogens is 5. The lowest BCUT2D eigenvalue weighted by atomic mass is 9.93. The van der Waals surface area contributed by atoms with Crippen LogP contribution >= 0.6 is 0 Å². The molecule has 1 aliphatic rings. The first-order chi connectivity index (χ1) is 12.8. The average Bonchev–Trinajstić information content (AvgIpc) is 3.20. The fraction of sp³-hybridized carbons (Fsp3) is 0.250. The van der Waals surface area contributed by atoms with Gasteiger partial charge in [0.05, 0.1) is 11.7 Å².